The Hall–Kier alpha value is -0.770. The minimum Gasteiger partial charge on any atom is -0.391 e. The molecular formula is C16H27FN2O5S. The summed E-state index contributed by atoms with van der Waals surface area (Å²) in [6.45, 7) is 4.29. The van der Waals surface area contributed by atoms with E-state index in [4.69, 9.17) is 4.74 Å². The molecular weight excluding hydrogens is 351 g/mol. The fourth-order valence-corrected chi connectivity index (χ4v) is 5.72. The van der Waals surface area contributed by atoms with Crippen LogP contribution in [0.1, 0.15) is 39.5 Å². The zero-order valence-electron chi connectivity index (χ0n) is 14.6. The molecule has 0 aromatic rings. The van der Waals surface area contributed by atoms with Gasteiger partial charge < -0.3 is 9.84 Å². The smallest absolute Gasteiger partial charge is 0.304 e. The van der Waals surface area contributed by atoms with Crippen molar-refractivity contribution >= 4 is 16.1 Å². The summed E-state index contributed by atoms with van der Waals surface area (Å²) in [4.78, 5) is 11.5. The van der Waals surface area contributed by atoms with E-state index in [-0.39, 0.29) is 17.9 Å². The molecule has 7 nitrogen and oxygen atoms in total. The first-order chi connectivity index (χ1) is 11.7. The van der Waals surface area contributed by atoms with E-state index in [2.05, 4.69) is 13.8 Å². The number of aliphatic hydroxyl groups is 1. The molecule has 25 heavy (non-hydrogen) atoms. The summed E-state index contributed by atoms with van der Waals surface area (Å²) in [5.74, 6) is -0.630. The summed E-state index contributed by atoms with van der Waals surface area (Å²) in [6.07, 6.45) is -0.174. The number of rotatable bonds is 4. The Morgan fingerprint density at radius 3 is 2.68 bits per heavy atom. The summed E-state index contributed by atoms with van der Waals surface area (Å²) in [5.41, 5.74) is 0. The third-order valence-corrected chi connectivity index (χ3v) is 7.00. The lowest BCUT2D eigenvalue weighted by Gasteiger charge is -2.47. The van der Waals surface area contributed by atoms with E-state index in [1.807, 2.05) is 4.72 Å². The largest absolute Gasteiger partial charge is 0.391 e. The van der Waals surface area contributed by atoms with Gasteiger partial charge in [-0.05, 0) is 43.4 Å². The Bertz CT molecular complexity index is 614. The molecule has 2 N–H and O–H groups in total. The number of alkyl halides is 1. The number of hydrogen-bond donors (Lipinski definition) is 2. The van der Waals surface area contributed by atoms with Crippen LogP contribution in [0.3, 0.4) is 0 Å². The third-order valence-electron chi connectivity index (χ3n) is 5.52. The highest BCUT2D eigenvalue weighted by Crippen LogP contribution is 2.45. The van der Waals surface area contributed by atoms with Crippen molar-refractivity contribution in [3.05, 3.63) is 0 Å². The van der Waals surface area contributed by atoms with Crippen molar-refractivity contribution in [3.8, 4) is 0 Å². The molecule has 2 saturated carbocycles. The molecule has 6 unspecified atom stereocenters. The van der Waals surface area contributed by atoms with Crippen LogP contribution in [0.5, 0.6) is 0 Å². The third kappa shape index (κ3) is 3.84. The molecule has 1 heterocycles. The van der Waals surface area contributed by atoms with Crippen LogP contribution in [0, 0.1) is 17.8 Å². The van der Waals surface area contributed by atoms with Gasteiger partial charge in [-0.3, -0.25) is 4.79 Å². The molecule has 9 heteroatoms. The molecule has 3 fully saturated rings. The average molecular weight is 378 g/mol. The monoisotopic (exact) mass is 378 g/mol. The molecule has 144 valence electrons. The number of fused-ring (bicyclic) bond motifs is 1. The van der Waals surface area contributed by atoms with E-state index in [1.165, 1.54) is 0 Å². The van der Waals surface area contributed by atoms with Gasteiger partial charge in [-0.2, -0.15) is 12.7 Å². The van der Waals surface area contributed by atoms with Crippen LogP contribution < -0.4 is 4.72 Å². The van der Waals surface area contributed by atoms with Gasteiger partial charge in [0.1, 0.15) is 6.17 Å². The number of ether oxygens (including phenoxy) is 1. The van der Waals surface area contributed by atoms with Crippen LogP contribution in [0.15, 0.2) is 0 Å². The van der Waals surface area contributed by atoms with Crippen molar-refractivity contribution in [3.63, 3.8) is 0 Å². The molecule has 1 saturated heterocycles. The van der Waals surface area contributed by atoms with Gasteiger partial charge in [-0.15, -0.1) is 0 Å². The lowest BCUT2D eigenvalue weighted by atomic mass is 9.66. The van der Waals surface area contributed by atoms with E-state index >= 15 is 4.39 Å². The Morgan fingerprint density at radius 1 is 1.36 bits per heavy atom. The number of amides is 1. The van der Waals surface area contributed by atoms with Crippen molar-refractivity contribution in [2.45, 2.75) is 64.0 Å². The van der Waals surface area contributed by atoms with Crippen LogP contribution in [0.2, 0.25) is 0 Å². The zero-order chi connectivity index (χ0) is 18.4. The zero-order valence-corrected chi connectivity index (χ0v) is 15.4. The van der Waals surface area contributed by atoms with E-state index in [0.717, 1.165) is 17.1 Å². The molecule has 0 aromatic heterocycles. The van der Waals surface area contributed by atoms with Gasteiger partial charge in [-0.25, -0.2) is 9.11 Å². The number of aliphatic hydroxyl groups excluding tert-OH is 1. The maximum Gasteiger partial charge on any atom is 0.304 e. The molecule has 3 rings (SSSR count). The van der Waals surface area contributed by atoms with Crippen LogP contribution >= 0.6 is 0 Å². The fraction of sp³-hybridized carbons (Fsp3) is 0.938. The van der Waals surface area contributed by atoms with E-state index < -0.39 is 41.0 Å². The summed E-state index contributed by atoms with van der Waals surface area (Å²) in [7, 11) is -4.07. The number of nitrogens with one attached hydrogen (secondary N) is 1. The first kappa shape index (κ1) is 19.0. The van der Waals surface area contributed by atoms with Crippen molar-refractivity contribution in [2.24, 2.45) is 17.8 Å². The minimum atomic E-state index is -4.07. The Morgan fingerprint density at radius 2 is 2.08 bits per heavy atom. The molecule has 1 aliphatic heterocycles. The topological polar surface area (TPSA) is 95.9 Å². The van der Waals surface area contributed by atoms with E-state index in [0.29, 0.717) is 25.4 Å². The summed E-state index contributed by atoms with van der Waals surface area (Å²) in [6, 6.07) is -1.21. The quantitative estimate of drug-likeness (QED) is 0.747. The minimum absolute atomic E-state index is 0.0223. The maximum atomic E-state index is 15.3. The van der Waals surface area contributed by atoms with Gasteiger partial charge in [0, 0.05) is 6.61 Å². The van der Waals surface area contributed by atoms with Crippen LogP contribution in [-0.2, 0) is 19.7 Å². The van der Waals surface area contributed by atoms with Gasteiger partial charge in [-0.1, -0.05) is 13.8 Å². The molecule has 0 radical (unpaired) electrons. The molecule has 0 spiro atoms. The van der Waals surface area contributed by atoms with Gasteiger partial charge in [0.25, 0.3) is 0 Å². The highest BCUT2D eigenvalue weighted by atomic mass is 32.2. The van der Waals surface area contributed by atoms with Crippen molar-refractivity contribution in [2.75, 3.05) is 13.2 Å². The first-order valence-corrected chi connectivity index (χ1v) is 10.4. The summed E-state index contributed by atoms with van der Waals surface area (Å²) < 4.78 is 47.9. The predicted octanol–water partition coefficient (Wildman–Crippen LogP) is 0.592. The average Bonchev–Trinajstić information content (AvgIpc) is 2.78. The van der Waals surface area contributed by atoms with Gasteiger partial charge in [0.05, 0.1) is 24.8 Å². The van der Waals surface area contributed by atoms with Gasteiger partial charge >= 0.3 is 10.2 Å². The van der Waals surface area contributed by atoms with Crippen LogP contribution in [0.25, 0.3) is 0 Å². The molecule has 6 atom stereocenters. The normalized spacial score (nSPS) is 41.6. The molecule has 1 amide bonds. The molecule has 2 aliphatic carbocycles. The highest BCUT2D eigenvalue weighted by Gasteiger charge is 2.53. The first-order valence-electron chi connectivity index (χ1n) is 8.95. The second kappa shape index (κ2) is 7.09. The second-order valence-electron chi connectivity index (χ2n) is 7.90. The Balaban J connectivity index is 1.74. The lowest BCUT2D eigenvalue weighted by Crippen LogP contribution is -2.59. The Kier molecular flexibility index (Phi) is 5.39. The number of nitrogens with zero attached hydrogens (tertiary/aromatic N) is 1. The van der Waals surface area contributed by atoms with Crippen LogP contribution in [0.4, 0.5) is 4.39 Å². The standard InChI is InChI=1S/C16H27FN2O5S/c1-9(2)8-24-11-4-3-10-5-13(20)16(15(17)12(10)6-11)19-7-14(21)18-25(19,22)23/h9-13,15-16,20H,3-8H2,1-2H3,(H,18,21). The number of hydrogen-bond acceptors (Lipinski definition) is 5. The van der Waals surface area contributed by atoms with Crippen molar-refractivity contribution in [1.82, 2.24) is 9.03 Å². The summed E-state index contributed by atoms with van der Waals surface area (Å²) >= 11 is 0. The fourth-order valence-electron chi connectivity index (χ4n) is 4.38. The van der Waals surface area contributed by atoms with Crippen LogP contribution in [-0.4, -0.2) is 61.3 Å². The number of carbonyl (C=O) groups is 1. The number of halogens is 1. The molecule has 3 aliphatic rings. The molecule has 0 bridgehead atoms. The van der Waals surface area contributed by atoms with Crippen molar-refractivity contribution in [1.29, 1.82) is 0 Å². The van der Waals surface area contributed by atoms with Crippen molar-refractivity contribution < 1.29 is 27.4 Å². The van der Waals surface area contributed by atoms with Gasteiger partial charge in [0.15, 0.2) is 0 Å². The maximum absolute atomic E-state index is 15.3. The second-order valence-corrected chi connectivity index (χ2v) is 9.52. The predicted molar refractivity (Wildman–Crippen MR) is 88.5 cm³/mol. The molecule has 0 aromatic carbocycles. The Labute approximate surface area is 148 Å². The number of carbonyl (C=O) groups excluding carboxylic acids is 1. The highest BCUT2D eigenvalue weighted by molar-refractivity contribution is 7.88. The lowest BCUT2D eigenvalue weighted by molar-refractivity contribution is -0.120. The van der Waals surface area contributed by atoms with E-state index in [1.54, 1.807) is 0 Å². The SMILES string of the molecule is CC(C)COC1CCC2CC(O)C(N3CC(=O)NS3(=O)=O)C(F)C2C1. The summed E-state index contributed by atoms with van der Waals surface area (Å²) in [5, 5.41) is 10.4. The van der Waals surface area contributed by atoms with Gasteiger partial charge in [0.2, 0.25) is 5.91 Å². The van der Waals surface area contributed by atoms with E-state index in [9.17, 15) is 18.3 Å².